The summed E-state index contributed by atoms with van der Waals surface area (Å²) in [6, 6.07) is 4.91. The van der Waals surface area contributed by atoms with Gasteiger partial charge < -0.3 is 14.6 Å². The van der Waals surface area contributed by atoms with Crippen LogP contribution in [0.5, 0.6) is 0 Å². The molecule has 0 saturated carbocycles. The van der Waals surface area contributed by atoms with Gasteiger partial charge in [0.2, 0.25) is 0 Å². The van der Waals surface area contributed by atoms with Crippen LogP contribution in [0, 0.1) is 5.92 Å². The molecular formula is C16H29N3O. The molecule has 1 N–H and O–H groups in total. The number of furan rings is 1. The summed E-state index contributed by atoms with van der Waals surface area (Å²) in [5, 5.41) is 3.42. The summed E-state index contributed by atoms with van der Waals surface area (Å²) in [6.07, 6.45) is 1.26. The summed E-state index contributed by atoms with van der Waals surface area (Å²) in [6.45, 7) is 9.56. The minimum absolute atomic E-state index is 0.678. The Balaban J connectivity index is 1.75. The summed E-state index contributed by atoms with van der Waals surface area (Å²) in [4.78, 5) is 4.80. The Hall–Kier alpha value is -0.840. The molecule has 1 fully saturated rings. The second-order valence-corrected chi connectivity index (χ2v) is 6.53. The third kappa shape index (κ3) is 4.62. The summed E-state index contributed by atoms with van der Waals surface area (Å²) >= 11 is 0. The summed E-state index contributed by atoms with van der Waals surface area (Å²) in [5.41, 5.74) is 0. The van der Waals surface area contributed by atoms with Gasteiger partial charge in [0, 0.05) is 19.1 Å². The Kier molecular flexibility index (Phi) is 5.64. The number of likely N-dealkylation sites (tertiary alicyclic amines) is 1. The molecule has 1 unspecified atom stereocenters. The minimum Gasteiger partial charge on any atom is -0.463 e. The fraction of sp³-hybridized carbons (Fsp3) is 0.750. The fourth-order valence-corrected chi connectivity index (χ4v) is 2.68. The third-order valence-electron chi connectivity index (χ3n) is 3.93. The lowest BCUT2D eigenvalue weighted by molar-refractivity contribution is 0.249. The summed E-state index contributed by atoms with van der Waals surface area (Å²) in [5.74, 6) is 2.81. The molecular weight excluding hydrogens is 250 g/mol. The molecule has 114 valence electrons. The van der Waals surface area contributed by atoms with Crippen molar-refractivity contribution in [3.63, 3.8) is 0 Å². The maximum Gasteiger partial charge on any atom is 0.118 e. The van der Waals surface area contributed by atoms with Crippen molar-refractivity contribution in [2.24, 2.45) is 5.92 Å². The maximum absolute atomic E-state index is 5.91. The molecule has 1 atom stereocenters. The highest BCUT2D eigenvalue weighted by atomic mass is 16.3. The Labute approximate surface area is 123 Å². The van der Waals surface area contributed by atoms with Gasteiger partial charge >= 0.3 is 0 Å². The average Bonchev–Trinajstić information content (AvgIpc) is 2.99. The van der Waals surface area contributed by atoms with E-state index in [2.05, 4.69) is 55.2 Å². The van der Waals surface area contributed by atoms with Gasteiger partial charge in [-0.25, -0.2) is 0 Å². The van der Waals surface area contributed by atoms with E-state index < -0.39 is 0 Å². The van der Waals surface area contributed by atoms with Crippen LogP contribution in [-0.2, 0) is 13.1 Å². The predicted octanol–water partition coefficient (Wildman–Crippen LogP) is 2.16. The van der Waals surface area contributed by atoms with Crippen LogP contribution < -0.4 is 5.32 Å². The zero-order valence-electron chi connectivity index (χ0n) is 13.4. The van der Waals surface area contributed by atoms with Crippen molar-refractivity contribution in [2.75, 3.05) is 33.7 Å². The Bertz CT molecular complexity index is 400. The number of likely N-dealkylation sites (N-methyl/N-ethyl adjacent to an activating group) is 1. The molecule has 0 radical (unpaired) electrons. The molecule has 4 nitrogen and oxygen atoms in total. The van der Waals surface area contributed by atoms with Crippen LogP contribution >= 0.6 is 0 Å². The van der Waals surface area contributed by atoms with Crippen molar-refractivity contribution in [3.05, 3.63) is 23.7 Å². The van der Waals surface area contributed by atoms with Crippen molar-refractivity contribution in [1.82, 2.24) is 15.1 Å². The third-order valence-corrected chi connectivity index (χ3v) is 3.93. The SMILES string of the molecule is CC(C)CNCc1ccc(CN2CCC(N(C)C)C2)o1. The van der Waals surface area contributed by atoms with Crippen LogP contribution in [0.2, 0.25) is 0 Å². The van der Waals surface area contributed by atoms with E-state index in [9.17, 15) is 0 Å². The minimum atomic E-state index is 0.678. The van der Waals surface area contributed by atoms with Crippen molar-refractivity contribution in [1.29, 1.82) is 0 Å². The van der Waals surface area contributed by atoms with Crippen LogP contribution in [0.4, 0.5) is 0 Å². The first-order chi connectivity index (χ1) is 9.54. The van der Waals surface area contributed by atoms with Gasteiger partial charge in [-0.15, -0.1) is 0 Å². The lowest BCUT2D eigenvalue weighted by atomic mass is 10.2. The van der Waals surface area contributed by atoms with E-state index in [0.717, 1.165) is 37.7 Å². The second kappa shape index (κ2) is 7.25. The number of nitrogens with zero attached hydrogens (tertiary/aromatic N) is 2. The quantitative estimate of drug-likeness (QED) is 0.829. The van der Waals surface area contributed by atoms with Gasteiger partial charge in [0.25, 0.3) is 0 Å². The largest absolute Gasteiger partial charge is 0.463 e. The van der Waals surface area contributed by atoms with Crippen molar-refractivity contribution in [2.45, 2.75) is 39.4 Å². The molecule has 20 heavy (non-hydrogen) atoms. The molecule has 0 bridgehead atoms. The highest BCUT2D eigenvalue weighted by molar-refractivity contribution is 5.07. The summed E-state index contributed by atoms with van der Waals surface area (Å²) in [7, 11) is 4.33. The van der Waals surface area contributed by atoms with Crippen LogP contribution in [0.15, 0.2) is 16.5 Å². The van der Waals surface area contributed by atoms with Crippen LogP contribution in [-0.4, -0.2) is 49.6 Å². The molecule has 1 aromatic heterocycles. The first-order valence-electron chi connectivity index (χ1n) is 7.71. The monoisotopic (exact) mass is 279 g/mol. The first kappa shape index (κ1) is 15.5. The molecule has 1 aliphatic rings. The Morgan fingerprint density at radius 1 is 1.35 bits per heavy atom. The highest BCUT2D eigenvalue weighted by Gasteiger charge is 2.24. The number of hydrogen-bond donors (Lipinski definition) is 1. The van der Waals surface area contributed by atoms with E-state index in [0.29, 0.717) is 12.0 Å². The zero-order valence-corrected chi connectivity index (χ0v) is 13.4. The van der Waals surface area contributed by atoms with Gasteiger partial charge in [0.15, 0.2) is 0 Å². The van der Waals surface area contributed by atoms with Gasteiger partial charge in [0.1, 0.15) is 11.5 Å². The molecule has 0 amide bonds. The number of nitrogens with one attached hydrogen (secondary N) is 1. The summed E-state index contributed by atoms with van der Waals surface area (Å²) < 4.78 is 5.91. The molecule has 2 heterocycles. The molecule has 1 aliphatic heterocycles. The molecule has 1 saturated heterocycles. The standard InChI is InChI=1S/C16H29N3O/c1-13(2)9-17-10-15-5-6-16(20-15)12-19-8-7-14(11-19)18(3)4/h5-6,13-14,17H,7-12H2,1-4H3. The fourth-order valence-electron chi connectivity index (χ4n) is 2.68. The first-order valence-corrected chi connectivity index (χ1v) is 7.71. The molecule has 0 aliphatic carbocycles. The molecule has 0 spiro atoms. The van der Waals surface area contributed by atoms with Crippen LogP contribution in [0.1, 0.15) is 31.8 Å². The lowest BCUT2D eigenvalue weighted by Gasteiger charge is -2.19. The molecule has 1 aromatic rings. The van der Waals surface area contributed by atoms with Crippen LogP contribution in [0.3, 0.4) is 0 Å². The van der Waals surface area contributed by atoms with E-state index in [1.165, 1.54) is 13.0 Å². The van der Waals surface area contributed by atoms with E-state index in [4.69, 9.17) is 4.42 Å². The predicted molar refractivity (Wildman–Crippen MR) is 82.6 cm³/mol. The van der Waals surface area contributed by atoms with Crippen LogP contribution in [0.25, 0.3) is 0 Å². The van der Waals surface area contributed by atoms with Gasteiger partial charge in [-0.05, 0) is 45.1 Å². The number of rotatable bonds is 7. The second-order valence-electron chi connectivity index (χ2n) is 6.53. The van der Waals surface area contributed by atoms with Gasteiger partial charge in [-0.1, -0.05) is 13.8 Å². The van der Waals surface area contributed by atoms with E-state index in [1.807, 2.05) is 0 Å². The zero-order chi connectivity index (χ0) is 14.5. The average molecular weight is 279 g/mol. The van der Waals surface area contributed by atoms with Crippen molar-refractivity contribution < 1.29 is 4.42 Å². The van der Waals surface area contributed by atoms with Gasteiger partial charge in [0.05, 0.1) is 13.1 Å². The highest BCUT2D eigenvalue weighted by Crippen LogP contribution is 2.17. The molecule has 4 heteroatoms. The smallest absolute Gasteiger partial charge is 0.118 e. The Morgan fingerprint density at radius 3 is 2.75 bits per heavy atom. The van der Waals surface area contributed by atoms with Gasteiger partial charge in [-0.3, -0.25) is 4.90 Å². The van der Waals surface area contributed by atoms with Crippen molar-refractivity contribution >= 4 is 0 Å². The van der Waals surface area contributed by atoms with E-state index in [-0.39, 0.29) is 0 Å². The molecule has 0 aromatic carbocycles. The van der Waals surface area contributed by atoms with Gasteiger partial charge in [-0.2, -0.15) is 0 Å². The maximum atomic E-state index is 5.91. The topological polar surface area (TPSA) is 31.6 Å². The molecule has 2 rings (SSSR count). The number of hydrogen-bond acceptors (Lipinski definition) is 4. The lowest BCUT2D eigenvalue weighted by Crippen LogP contribution is -2.31. The van der Waals surface area contributed by atoms with Crippen molar-refractivity contribution in [3.8, 4) is 0 Å². The normalized spacial score (nSPS) is 20.4. The van der Waals surface area contributed by atoms with E-state index in [1.54, 1.807) is 0 Å². The Morgan fingerprint density at radius 2 is 2.10 bits per heavy atom. The van der Waals surface area contributed by atoms with E-state index >= 15 is 0 Å².